The molecule has 0 N–H and O–H groups in total. The summed E-state index contributed by atoms with van der Waals surface area (Å²) in [5.41, 5.74) is 7.09. The van der Waals surface area contributed by atoms with Gasteiger partial charge in [0.15, 0.2) is 0 Å². The molecule has 0 amide bonds. The Bertz CT molecular complexity index is 897. The summed E-state index contributed by atoms with van der Waals surface area (Å²) < 4.78 is 7.86. The topological polar surface area (TPSA) is 30.3 Å². The van der Waals surface area contributed by atoms with Crippen LogP contribution in [0.25, 0.3) is 11.3 Å². The number of aromatic nitrogens is 2. The number of nitrogens with zero attached hydrogens (tertiary/aromatic N) is 3. The van der Waals surface area contributed by atoms with E-state index in [1.807, 2.05) is 11.7 Å². The Balaban J connectivity index is 2.07. The molecular formula is C23H29N3O. The number of hydrogen-bond donors (Lipinski definition) is 0. The van der Waals surface area contributed by atoms with Crippen molar-refractivity contribution in [1.29, 1.82) is 0 Å². The molecule has 0 aliphatic carbocycles. The zero-order chi connectivity index (χ0) is 19.4. The van der Waals surface area contributed by atoms with Crippen LogP contribution in [0.1, 0.15) is 22.4 Å². The van der Waals surface area contributed by atoms with Crippen molar-refractivity contribution in [2.24, 2.45) is 7.05 Å². The van der Waals surface area contributed by atoms with Crippen LogP contribution in [0.4, 0.5) is 0 Å². The Labute approximate surface area is 162 Å². The van der Waals surface area contributed by atoms with Gasteiger partial charge in [0.2, 0.25) is 0 Å². The van der Waals surface area contributed by atoms with Crippen LogP contribution >= 0.6 is 0 Å². The number of methoxy groups -OCH3 is 1. The maximum Gasteiger partial charge on any atom is 0.131 e. The van der Waals surface area contributed by atoms with Gasteiger partial charge in [-0.15, -0.1) is 0 Å². The number of ether oxygens (including phenoxy) is 1. The van der Waals surface area contributed by atoms with Crippen molar-refractivity contribution in [3.05, 3.63) is 70.9 Å². The third kappa shape index (κ3) is 4.22. The molecule has 0 aliphatic rings. The molecule has 2 aromatic carbocycles. The normalized spacial score (nSPS) is 11.2. The zero-order valence-corrected chi connectivity index (χ0v) is 17.0. The van der Waals surface area contributed by atoms with Gasteiger partial charge in [0.05, 0.1) is 18.5 Å². The molecule has 0 aliphatic heterocycles. The van der Waals surface area contributed by atoms with Gasteiger partial charge >= 0.3 is 0 Å². The molecule has 1 heterocycles. The van der Waals surface area contributed by atoms with Crippen LogP contribution < -0.4 is 4.74 Å². The molecule has 4 heteroatoms. The summed E-state index contributed by atoms with van der Waals surface area (Å²) in [7, 11) is 7.97. The highest BCUT2D eigenvalue weighted by Crippen LogP contribution is 2.37. The van der Waals surface area contributed by atoms with E-state index in [0.717, 1.165) is 42.1 Å². The first kappa shape index (κ1) is 19.2. The molecule has 0 unspecified atom stereocenters. The Hall–Kier alpha value is -2.59. The Morgan fingerprint density at radius 1 is 1.04 bits per heavy atom. The van der Waals surface area contributed by atoms with Crippen molar-refractivity contribution in [3.63, 3.8) is 0 Å². The molecule has 0 fully saturated rings. The number of hydrogen-bond acceptors (Lipinski definition) is 3. The quantitative estimate of drug-likeness (QED) is 0.633. The van der Waals surface area contributed by atoms with E-state index in [1.54, 1.807) is 7.11 Å². The molecule has 0 radical (unpaired) electrons. The van der Waals surface area contributed by atoms with Crippen molar-refractivity contribution in [3.8, 4) is 17.0 Å². The average molecular weight is 364 g/mol. The minimum Gasteiger partial charge on any atom is -0.496 e. The fourth-order valence-electron chi connectivity index (χ4n) is 3.60. The maximum atomic E-state index is 5.87. The number of rotatable bonds is 7. The minimum atomic E-state index is 0.862. The molecule has 0 bridgehead atoms. The lowest BCUT2D eigenvalue weighted by molar-refractivity contribution is 0.393. The Morgan fingerprint density at radius 2 is 1.78 bits per heavy atom. The third-order valence-electron chi connectivity index (χ3n) is 4.95. The van der Waals surface area contributed by atoms with Crippen LogP contribution in [-0.2, 0) is 19.9 Å². The van der Waals surface area contributed by atoms with Gasteiger partial charge in [-0.1, -0.05) is 42.5 Å². The fourth-order valence-corrected chi connectivity index (χ4v) is 3.60. The van der Waals surface area contributed by atoms with E-state index in [-0.39, 0.29) is 0 Å². The predicted octanol–water partition coefficient (Wildman–Crippen LogP) is 4.10. The smallest absolute Gasteiger partial charge is 0.131 e. The van der Waals surface area contributed by atoms with E-state index in [9.17, 15) is 0 Å². The molecule has 3 aromatic rings. The van der Waals surface area contributed by atoms with E-state index in [1.165, 1.54) is 16.7 Å². The summed E-state index contributed by atoms with van der Waals surface area (Å²) in [5, 5.41) is 4.72. The molecule has 0 spiro atoms. The number of benzene rings is 2. The van der Waals surface area contributed by atoms with Crippen LogP contribution in [0.15, 0.2) is 48.5 Å². The summed E-state index contributed by atoms with van der Waals surface area (Å²) in [4.78, 5) is 2.20. The lowest BCUT2D eigenvalue weighted by Crippen LogP contribution is -2.15. The highest BCUT2D eigenvalue weighted by molar-refractivity contribution is 5.73. The summed E-state index contributed by atoms with van der Waals surface area (Å²) in [6, 6.07) is 17.0. The molecule has 27 heavy (non-hydrogen) atoms. The molecular weight excluding hydrogens is 334 g/mol. The summed E-state index contributed by atoms with van der Waals surface area (Å²) >= 11 is 0. The van der Waals surface area contributed by atoms with Gasteiger partial charge in [-0.2, -0.15) is 5.10 Å². The van der Waals surface area contributed by atoms with Crippen LogP contribution in [-0.4, -0.2) is 42.4 Å². The number of aryl methyl sites for hydroxylation is 2. The van der Waals surface area contributed by atoms with Crippen molar-refractivity contribution < 1.29 is 4.74 Å². The number of para-hydroxylation sites is 1. The maximum absolute atomic E-state index is 5.87. The second kappa shape index (κ2) is 8.40. The van der Waals surface area contributed by atoms with E-state index in [2.05, 4.69) is 74.4 Å². The first-order valence-electron chi connectivity index (χ1n) is 9.38. The molecule has 0 atom stereocenters. The van der Waals surface area contributed by atoms with E-state index in [4.69, 9.17) is 9.84 Å². The molecule has 4 nitrogen and oxygen atoms in total. The molecule has 3 rings (SSSR count). The second-order valence-electron chi connectivity index (χ2n) is 7.25. The van der Waals surface area contributed by atoms with Gasteiger partial charge in [-0.25, -0.2) is 0 Å². The molecule has 0 saturated carbocycles. The summed E-state index contributed by atoms with van der Waals surface area (Å²) in [6.45, 7) is 3.07. The lowest BCUT2D eigenvalue weighted by Gasteiger charge is -2.17. The largest absolute Gasteiger partial charge is 0.496 e. The molecule has 1 aromatic heterocycles. The van der Waals surface area contributed by atoms with Gasteiger partial charge in [0.1, 0.15) is 5.75 Å². The number of likely N-dealkylation sites (N-methyl/N-ethyl adjacent to an activating group) is 1. The van der Waals surface area contributed by atoms with Crippen LogP contribution in [0.2, 0.25) is 0 Å². The van der Waals surface area contributed by atoms with Crippen molar-refractivity contribution in [2.45, 2.75) is 19.8 Å². The van der Waals surface area contributed by atoms with Gasteiger partial charge in [-0.05, 0) is 44.6 Å². The van der Waals surface area contributed by atoms with Crippen LogP contribution in [0.3, 0.4) is 0 Å². The fraction of sp³-hybridized carbons (Fsp3) is 0.348. The SMILES string of the molecule is COc1c(CCN(C)C)cccc1-c1c(Cc2ccccc2)c(C)nn1C. The van der Waals surface area contributed by atoms with Crippen LogP contribution in [0, 0.1) is 6.92 Å². The van der Waals surface area contributed by atoms with Gasteiger partial charge in [-0.3, -0.25) is 4.68 Å². The predicted molar refractivity (Wildman–Crippen MR) is 111 cm³/mol. The standard InChI is InChI=1S/C23H29N3O/c1-17-21(16-18-10-7-6-8-11-18)22(26(4)24-17)20-13-9-12-19(23(20)27-5)14-15-25(2)3/h6-13H,14-16H2,1-5H3. The average Bonchev–Trinajstić information content (AvgIpc) is 2.93. The minimum absolute atomic E-state index is 0.862. The van der Waals surface area contributed by atoms with Crippen molar-refractivity contribution >= 4 is 0 Å². The lowest BCUT2D eigenvalue weighted by atomic mass is 9.96. The van der Waals surface area contributed by atoms with Crippen LogP contribution in [0.5, 0.6) is 5.75 Å². The van der Waals surface area contributed by atoms with Gasteiger partial charge in [0.25, 0.3) is 0 Å². The Morgan fingerprint density at radius 3 is 2.44 bits per heavy atom. The van der Waals surface area contributed by atoms with Gasteiger partial charge < -0.3 is 9.64 Å². The van der Waals surface area contributed by atoms with Crippen molar-refractivity contribution in [1.82, 2.24) is 14.7 Å². The third-order valence-corrected chi connectivity index (χ3v) is 4.95. The van der Waals surface area contributed by atoms with Gasteiger partial charge in [0, 0.05) is 31.1 Å². The summed E-state index contributed by atoms with van der Waals surface area (Å²) in [6.07, 6.45) is 1.82. The first-order chi connectivity index (χ1) is 13.0. The van der Waals surface area contributed by atoms with E-state index < -0.39 is 0 Å². The highest BCUT2D eigenvalue weighted by atomic mass is 16.5. The molecule has 142 valence electrons. The summed E-state index contributed by atoms with van der Waals surface area (Å²) in [5.74, 6) is 0.955. The highest BCUT2D eigenvalue weighted by Gasteiger charge is 2.20. The molecule has 0 saturated heterocycles. The monoisotopic (exact) mass is 363 g/mol. The zero-order valence-electron chi connectivity index (χ0n) is 17.0. The van der Waals surface area contributed by atoms with E-state index in [0.29, 0.717) is 0 Å². The first-order valence-corrected chi connectivity index (χ1v) is 9.38. The second-order valence-corrected chi connectivity index (χ2v) is 7.25. The van der Waals surface area contributed by atoms with E-state index >= 15 is 0 Å². The van der Waals surface area contributed by atoms with Crippen molar-refractivity contribution in [2.75, 3.05) is 27.7 Å². The Kier molecular flexibility index (Phi) is 5.97.